The van der Waals surface area contributed by atoms with Gasteiger partial charge >= 0.3 is 5.97 Å². The van der Waals surface area contributed by atoms with E-state index in [0.29, 0.717) is 19.6 Å². The molecule has 1 aromatic carbocycles. The van der Waals surface area contributed by atoms with E-state index >= 15 is 0 Å². The molecule has 0 saturated carbocycles. The Morgan fingerprint density at radius 2 is 1.55 bits per heavy atom. The number of hydrogen-bond donors (Lipinski definition) is 0. The lowest BCUT2D eigenvalue weighted by Crippen LogP contribution is -2.51. The molecule has 7 nitrogen and oxygen atoms in total. The van der Waals surface area contributed by atoms with E-state index in [4.69, 9.17) is 28.1 Å². The summed E-state index contributed by atoms with van der Waals surface area (Å²) in [7, 11) is 2.89. The summed E-state index contributed by atoms with van der Waals surface area (Å²) in [4.78, 5) is 11.8. The van der Waals surface area contributed by atoms with Crippen LogP contribution in [0.5, 0.6) is 5.75 Å². The first-order chi connectivity index (χ1) is 15.8. The summed E-state index contributed by atoms with van der Waals surface area (Å²) in [6.45, 7) is 10.9. The highest BCUT2D eigenvalue weighted by Crippen LogP contribution is 2.32. The van der Waals surface area contributed by atoms with Crippen molar-refractivity contribution in [2.24, 2.45) is 5.92 Å². The van der Waals surface area contributed by atoms with Crippen molar-refractivity contribution in [1.82, 2.24) is 0 Å². The Labute approximate surface area is 201 Å². The van der Waals surface area contributed by atoms with Crippen LogP contribution >= 0.6 is 0 Å². The van der Waals surface area contributed by atoms with Crippen LogP contribution < -0.4 is 4.74 Å². The van der Waals surface area contributed by atoms with Crippen LogP contribution in [0.25, 0.3) is 0 Å². The van der Waals surface area contributed by atoms with Gasteiger partial charge in [0.15, 0.2) is 14.6 Å². The molecule has 1 unspecified atom stereocenters. The summed E-state index contributed by atoms with van der Waals surface area (Å²) in [6.07, 6.45) is -0.668. The Bertz CT molecular complexity index is 651. The third kappa shape index (κ3) is 9.37. The number of benzene rings is 1. The number of hydrogen-bond acceptors (Lipinski definition) is 7. The molecule has 0 amide bonds. The highest BCUT2D eigenvalue weighted by Gasteiger charge is 2.41. The zero-order valence-corrected chi connectivity index (χ0v) is 22.7. The van der Waals surface area contributed by atoms with Crippen LogP contribution in [0.3, 0.4) is 0 Å². The second-order valence-electron chi connectivity index (χ2n) is 8.33. The Morgan fingerprint density at radius 3 is 2.00 bits per heavy atom. The fourth-order valence-electron chi connectivity index (χ4n) is 4.14. The van der Waals surface area contributed by atoms with E-state index in [0.717, 1.165) is 29.4 Å². The van der Waals surface area contributed by atoms with Gasteiger partial charge in [-0.3, -0.25) is 4.79 Å². The van der Waals surface area contributed by atoms with E-state index in [1.54, 1.807) is 21.3 Å². The number of esters is 1. The predicted octanol–water partition coefficient (Wildman–Crippen LogP) is 5.18. The lowest BCUT2D eigenvalue weighted by Gasteiger charge is -2.41. The number of ether oxygens (including phenoxy) is 5. The van der Waals surface area contributed by atoms with Gasteiger partial charge in [-0.05, 0) is 49.2 Å². The van der Waals surface area contributed by atoms with Crippen LogP contribution in [0.4, 0.5) is 0 Å². The highest BCUT2D eigenvalue weighted by atomic mass is 28.4. The van der Waals surface area contributed by atoms with Gasteiger partial charge in [0.05, 0.1) is 13.7 Å². The summed E-state index contributed by atoms with van der Waals surface area (Å²) in [6, 6.07) is 10.8. The minimum absolute atomic E-state index is 0.147. The molecule has 0 saturated heterocycles. The van der Waals surface area contributed by atoms with Crippen LogP contribution in [0.2, 0.25) is 18.1 Å². The maximum absolute atomic E-state index is 11.8. The normalized spacial score (nSPS) is 14.7. The molecule has 0 spiro atoms. The summed E-state index contributed by atoms with van der Waals surface area (Å²) in [5.41, 5.74) is 1.06. The van der Waals surface area contributed by atoms with Crippen LogP contribution in [0.15, 0.2) is 24.3 Å². The van der Waals surface area contributed by atoms with Crippen LogP contribution in [-0.4, -0.2) is 60.7 Å². The van der Waals surface area contributed by atoms with Crippen molar-refractivity contribution < 1.29 is 32.9 Å². The molecule has 0 N–H and O–H groups in total. The van der Waals surface area contributed by atoms with Gasteiger partial charge in [0.2, 0.25) is 0 Å². The fraction of sp³-hybridized carbons (Fsp3) is 0.720. The third-order valence-electron chi connectivity index (χ3n) is 6.45. The van der Waals surface area contributed by atoms with E-state index in [1.807, 2.05) is 31.2 Å². The summed E-state index contributed by atoms with van der Waals surface area (Å²) in [5.74, 6) is 0.350. The van der Waals surface area contributed by atoms with Crippen molar-refractivity contribution >= 4 is 14.3 Å². The molecular weight excluding hydrogens is 439 g/mol. The number of carbonyl (C=O) groups excluding carboxylic acids is 1. The second kappa shape index (κ2) is 15.4. The zero-order valence-electron chi connectivity index (χ0n) is 21.7. The van der Waals surface area contributed by atoms with Crippen molar-refractivity contribution in [3.05, 3.63) is 29.8 Å². The Kier molecular flexibility index (Phi) is 13.8. The summed E-state index contributed by atoms with van der Waals surface area (Å²) < 4.78 is 35.0. The van der Waals surface area contributed by atoms with Gasteiger partial charge < -0.3 is 28.1 Å². The smallest absolute Gasteiger partial charge is 0.302 e. The molecule has 190 valence electrons. The Balaban J connectivity index is 3.02. The predicted molar refractivity (Wildman–Crippen MR) is 132 cm³/mol. The summed E-state index contributed by atoms with van der Waals surface area (Å²) in [5, 5.41) is 0. The SMILES string of the molecule is CC[Si](CC)(CC)O[C@H](C(OC)OC)[C@@H](CCOCc1ccc(OC)cc1)[11CH](C)OC(C)=O. The van der Waals surface area contributed by atoms with Crippen molar-refractivity contribution in [3.8, 4) is 5.75 Å². The minimum Gasteiger partial charge on any atom is -0.497 e. The first-order valence-corrected chi connectivity index (χ1v) is 14.4. The molecule has 0 radical (unpaired) electrons. The standard InChI is InChI=1S/C25H44O7Si/c1-9-33(10-2,11-3)32-24(25(28-7)29-8)23(19(4)31-20(5)26)16-17-30-18-21-12-14-22(27-6)15-13-21/h12-15,19,23-25H,9-11,16-18H2,1-8H3/t19?,23-,24-/m0/s1/i19-1. The van der Waals surface area contributed by atoms with Gasteiger partial charge in [0, 0.05) is 33.7 Å². The van der Waals surface area contributed by atoms with Crippen molar-refractivity contribution in [2.45, 2.75) is 84.3 Å². The van der Waals surface area contributed by atoms with Gasteiger partial charge in [-0.2, -0.15) is 0 Å². The van der Waals surface area contributed by atoms with E-state index < -0.39 is 14.6 Å². The van der Waals surface area contributed by atoms with Gasteiger partial charge in [0.1, 0.15) is 18.0 Å². The van der Waals surface area contributed by atoms with Crippen molar-refractivity contribution in [1.29, 1.82) is 0 Å². The fourth-order valence-corrected chi connectivity index (χ4v) is 7.01. The molecule has 0 aromatic heterocycles. The van der Waals surface area contributed by atoms with E-state index in [1.165, 1.54) is 6.92 Å². The second-order valence-corrected chi connectivity index (χ2v) is 13.1. The molecule has 0 aliphatic rings. The minimum atomic E-state index is -1.99. The molecule has 1 rings (SSSR count). The van der Waals surface area contributed by atoms with Crippen molar-refractivity contribution in [2.75, 3.05) is 27.9 Å². The largest absolute Gasteiger partial charge is 0.497 e. The van der Waals surface area contributed by atoms with E-state index in [9.17, 15) is 4.79 Å². The molecule has 1 aromatic rings. The average molecular weight is 484 g/mol. The number of rotatable bonds is 17. The molecular formula is C25H44O7Si. The monoisotopic (exact) mass is 483 g/mol. The van der Waals surface area contributed by atoms with E-state index in [2.05, 4.69) is 20.8 Å². The molecule has 8 heteroatoms. The molecule has 0 aliphatic carbocycles. The van der Waals surface area contributed by atoms with Gasteiger partial charge in [0.25, 0.3) is 0 Å². The lowest BCUT2D eigenvalue weighted by atomic mass is 9.64. The lowest BCUT2D eigenvalue weighted by molar-refractivity contribution is -0.190. The van der Waals surface area contributed by atoms with Gasteiger partial charge in [-0.15, -0.1) is 0 Å². The first kappa shape index (κ1) is 29.6. The van der Waals surface area contributed by atoms with Crippen LogP contribution in [-0.2, 0) is 34.8 Å². The number of methoxy groups -OCH3 is 3. The van der Waals surface area contributed by atoms with Gasteiger partial charge in [-0.25, -0.2) is 0 Å². The summed E-state index contributed by atoms with van der Waals surface area (Å²) >= 11 is 0. The van der Waals surface area contributed by atoms with Crippen LogP contribution in [0.1, 0.15) is 46.6 Å². The molecule has 0 aliphatic heterocycles. The topological polar surface area (TPSA) is 72.5 Å². The highest BCUT2D eigenvalue weighted by molar-refractivity contribution is 6.73. The third-order valence-corrected chi connectivity index (χ3v) is 11.1. The quantitative estimate of drug-likeness (QED) is 0.131. The van der Waals surface area contributed by atoms with Crippen LogP contribution in [0, 0.1) is 5.92 Å². The zero-order chi connectivity index (χ0) is 24.9. The Hall–Kier alpha value is -1.45. The maximum atomic E-state index is 11.8. The maximum Gasteiger partial charge on any atom is 0.302 e. The molecule has 0 fully saturated rings. The van der Waals surface area contributed by atoms with Crippen molar-refractivity contribution in [3.63, 3.8) is 0 Å². The average Bonchev–Trinajstić information content (AvgIpc) is 2.82. The molecule has 0 bridgehead atoms. The number of carbonyl (C=O) groups is 1. The molecule has 3 atom stereocenters. The first-order valence-electron chi connectivity index (χ1n) is 11.9. The van der Waals surface area contributed by atoms with E-state index in [-0.39, 0.29) is 24.1 Å². The van der Waals surface area contributed by atoms with Gasteiger partial charge in [-0.1, -0.05) is 32.9 Å². The molecule has 0 heterocycles. The molecule has 33 heavy (non-hydrogen) atoms. The Morgan fingerprint density at radius 1 is 0.970 bits per heavy atom.